The molecule has 65 valence electrons. The second kappa shape index (κ2) is 4.12. The predicted octanol–water partition coefficient (Wildman–Crippen LogP) is 1.61. The first-order chi connectivity index (χ1) is 5.77. The van der Waals surface area contributed by atoms with Crippen LogP contribution in [0, 0.1) is 6.92 Å². The Bertz CT molecular complexity index is 245. The van der Waals surface area contributed by atoms with Crippen molar-refractivity contribution in [3.63, 3.8) is 0 Å². The van der Waals surface area contributed by atoms with Crippen LogP contribution >= 0.6 is 0 Å². The minimum absolute atomic E-state index is 0.0627. The normalized spacial score (nSPS) is 12.6. The first-order valence-corrected chi connectivity index (χ1v) is 3.86. The minimum Gasteiger partial charge on any atom is -0.497 e. The second-order valence-electron chi connectivity index (χ2n) is 2.66. The maximum Gasteiger partial charge on any atom is 0.119 e. The second-order valence-corrected chi connectivity index (χ2v) is 2.66. The lowest BCUT2D eigenvalue weighted by Gasteiger charge is -2.08. The van der Waals surface area contributed by atoms with E-state index in [0.29, 0.717) is 0 Å². The average Bonchev–Trinajstić information content (AvgIpc) is 2.17. The van der Waals surface area contributed by atoms with Crippen LogP contribution in [0.15, 0.2) is 24.3 Å². The Kier molecular flexibility index (Phi) is 3.11. The molecule has 2 heteroatoms. The summed E-state index contributed by atoms with van der Waals surface area (Å²) in [7, 11) is 1.62. The summed E-state index contributed by atoms with van der Waals surface area (Å²) < 4.78 is 5.04. The summed E-state index contributed by atoms with van der Waals surface area (Å²) in [5.41, 5.74) is 0.997. The number of hydrogen-bond acceptors (Lipinski definition) is 2. The number of methoxy groups -OCH3 is 1. The van der Waals surface area contributed by atoms with Crippen LogP contribution in [0.4, 0.5) is 0 Å². The van der Waals surface area contributed by atoms with E-state index in [4.69, 9.17) is 9.84 Å². The largest absolute Gasteiger partial charge is 0.497 e. The predicted molar refractivity (Wildman–Crippen MR) is 48.2 cm³/mol. The number of rotatable bonds is 3. The van der Waals surface area contributed by atoms with Gasteiger partial charge in [0.2, 0.25) is 0 Å². The van der Waals surface area contributed by atoms with Gasteiger partial charge in [0.15, 0.2) is 0 Å². The zero-order valence-electron chi connectivity index (χ0n) is 7.16. The van der Waals surface area contributed by atoms with Gasteiger partial charge in [-0.05, 0) is 24.6 Å². The van der Waals surface area contributed by atoms with Crippen LogP contribution in [0.1, 0.15) is 11.5 Å². The summed E-state index contributed by atoms with van der Waals surface area (Å²) in [6.07, 6.45) is 0. The Labute approximate surface area is 72.8 Å². The van der Waals surface area contributed by atoms with Gasteiger partial charge in [0.1, 0.15) is 5.75 Å². The SMILES string of the molecule is [CH2]C(CO)c1cccc(OC)c1. The summed E-state index contributed by atoms with van der Waals surface area (Å²) in [5.74, 6) is 0.731. The lowest BCUT2D eigenvalue weighted by molar-refractivity contribution is 0.282. The molecule has 0 aliphatic rings. The highest BCUT2D eigenvalue weighted by atomic mass is 16.5. The van der Waals surface area contributed by atoms with Gasteiger partial charge in [-0.3, -0.25) is 0 Å². The third kappa shape index (κ3) is 1.98. The van der Waals surface area contributed by atoms with Crippen molar-refractivity contribution in [2.75, 3.05) is 13.7 Å². The van der Waals surface area contributed by atoms with Crippen molar-refractivity contribution in [2.24, 2.45) is 0 Å². The molecule has 1 atom stereocenters. The van der Waals surface area contributed by atoms with Crippen molar-refractivity contribution in [1.29, 1.82) is 0 Å². The molecule has 0 amide bonds. The number of hydrogen-bond donors (Lipinski definition) is 1. The maximum atomic E-state index is 8.85. The molecule has 0 aliphatic carbocycles. The van der Waals surface area contributed by atoms with E-state index in [1.807, 2.05) is 24.3 Å². The molecule has 1 rings (SSSR count). The van der Waals surface area contributed by atoms with Crippen molar-refractivity contribution in [2.45, 2.75) is 5.92 Å². The summed E-state index contributed by atoms with van der Waals surface area (Å²) in [5, 5.41) is 8.85. The highest BCUT2D eigenvalue weighted by Crippen LogP contribution is 2.19. The van der Waals surface area contributed by atoms with E-state index in [-0.39, 0.29) is 12.5 Å². The van der Waals surface area contributed by atoms with E-state index in [2.05, 4.69) is 6.92 Å². The molecule has 2 nitrogen and oxygen atoms in total. The highest BCUT2D eigenvalue weighted by molar-refractivity contribution is 5.31. The molecule has 0 aromatic heterocycles. The lowest BCUT2D eigenvalue weighted by Crippen LogP contribution is -1.99. The zero-order valence-corrected chi connectivity index (χ0v) is 7.16. The summed E-state index contributed by atoms with van der Waals surface area (Å²) in [6, 6.07) is 7.57. The maximum absolute atomic E-state index is 8.85. The third-order valence-corrected chi connectivity index (χ3v) is 1.79. The van der Waals surface area contributed by atoms with E-state index >= 15 is 0 Å². The van der Waals surface area contributed by atoms with E-state index in [1.54, 1.807) is 7.11 Å². The molecule has 0 saturated carbocycles. The molecule has 0 heterocycles. The Morgan fingerprint density at radius 3 is 2.92 bits per heavy atom. The molecule has 0 saturated heterocycles. The van der Waals surface area contributed by atoms with E-state index in [1.165, 1.54) is 0 Å². The molecule has 1 radical (unpaired) electrons. The zero-order chi connectivity index (χ0) is 8.97. The van der Waals surface area contributed by atoms with Gasteiger partial charge in [-0.15, -0.1) is 0 Å². The first kappa shape index (κ1) is 9.07. The van der Waals surface area contributed by atoms with E-state index in [9.17, 15) is 0 Å². The lowest BCUT2D eigenvalue weighted by atomic mass is 10.0. The van der Waals surface area contributed by atoms with Crippen LogP contribution in [-0.2, 0) is 0 Å². The first-order valence-electron chi connectivity index (χ1n) is 3.86. The van der Waals surface area contributed by atoms with Crippen LogP contribution in [-0.4, -0.2) is 18.8 Å². The molecule has 0 bridgehead atoms. The summed E-state index contributed by atoms with van der Waals surface area (Å²) in [6.45, 7) is 3.86. The fraction of sp³-hybridized carbons (Fsp3) is 0.300. The van der Waals surface area contributed by atoms with Crippen LogP contribution in [0.5, 0.6) is 5.75 Å². The smallest absolute Gasteiger partial charge is 0.119 e. The Morgan fingerprint density at radius 1 is 1.58 bits per heavy atom. The Morgan fingerprint density at radius 2 is 2.33 bits per heavy atom. The fourth-order valence-electron chi connectivity index (χ4n) is 1.00. The highest BCUT2D eigenvalue weighted by Gasteiger charge is 2.03. The van der Waals surface area contributed by atoms with Crippen LogP contribution in [0.3, 0.4) is 0 Å². The van der Waals surface area contributed by atoms with Gasteiger partial charge in [-0.25, -0.2) is 0 Å². The van der Waals surface area contributed by atoms with Crippen molar-refractivity contribution >= 4 is 0 Å². The molecule has 1 aromatic rings. The van der Waals surface area contributed by atoms with Gasteiger partial charge < -0.3 is 9.84 Å². The van der Waals surface area contributed by atoms with Gasteiger partial charge in [0.25, 0.3) is 0 Å². The van der Waals surface area contributed by atoms with Crippen LogP contribution < -0.4 is 4.74 Å². The number of aliphatic hydroxyl groups excluding tert-OH is 1. The van der Waals surface area contributed by atoms with Gasteiger partial charge in [-0.2, -0.15) is 0 Å². The average molecular weight is 165 g/mol. The molecular formula is C10H13O2. The Hall–Kier alpha value is -1.02. The molecule has 12 heavy (non-hydrogen) atoms. The number of benzene rings is 1. The molecule has 0 aliphatic heterocycles. The minimum atomic E-state index is -0.0694. The quantitative estimate of drug-likeness (QED) is 0.737. The van der Waals surface area contributed by atoms with Crippen molar-refractivity contribution in [1.82, 2.24) is 0 Å². The standard InChI is InChI=1S/C10H13O2/c1-8(7-11)9-4-3-5-10(6-9)12-2/h3-6,8,11H,1,7H2,2H3. The van der Waals surface area contributed by atoms with Gasteiger partial charge in [-0.1, -0.05) is 12.1 Å². The van der Waals surface area contributed by atoms with Crippen molar-refractivity contribution in [3.8, 4) is 5.75 Å². The fourth-order valence-corrected chi connectivity index (χ4v) is 1.00. The topological polar surface area (TPSA) is 29.5 Å². The van der Waals surface area contributed by atoms with E-state index in [0.717, 1.165) is 11.3 Å². The van der Waals surface area contributed by atoms with Gasteiger partial charge >= 0.3 is 0 Å². The van der Waals surface area contributed by atoms with Crippen molar-refractivity contribution in [3.05, 3.63) is 36.8 Å². The van der Waals surface area contributed by atoms with E-state index < -0.39 is 0 Å². The van der Waals surface area contributed by atoms with Gasteiger partial charge in [0.05, 0.1) is 7.11 Å². The monoisotopic (exact) mass is 165 g/mol. The molecule has 1 aromatic carbocycles. The number of ether oxygens (including phenoxy) is 1. The van der Waals surface area contributed by atoms with Crippen LogP contribution in [0.2, 0.25) is 0 Å². The number of aliphatic hydroxyl groups is 1. The Balaban J connectivity index is 2.86. The molecule has 0 spiro atoms. The summed E-state index contributed by atoms with van der Waals surface area (Å²) in [4.78, 5) is 0. The molecule has 1 unspecified atom stereocenters. The molecular weight excluding hydrogens is 152 g/mol. The van der Waals surface area contributed by atoms with Crippen LogP contribution in [0.25, 0.3) is 0 Å². The third-order valence-electron chi connectivity index (χ3n) is 1.79. The van der Waals surface area contributed by atoms with Crippen molar-refractivity contribution < 1.29 is 9.84 Å². The van der Waals surface area contributed by atoms with Gasteiger partial charge in [0, 0.05) is 12.5 Å². The summed E-state index contributed by atoms with van der Waals surface area (Å²) >= 11 is 0. The molecule has 1 N–H and O–H groups in total. The molecule has 0 fully saturated rings.